The van der Waals surface area contributed by atoms with Crippen LogP contribution in [0.3, 0.4) is 0 Å². The molecule has 3 heteroatoms. The summed E-state index contributed by atoms with van der Waals surface area (Å²) < 4.78 is 0. The molecule has 19 heavy (non-hydrogen) atoms. The maximum Gasteiger partial charge on any atom is 0.0424 e. The Labute approximate surface area is 125 Å². The highest BCUT2D eigenvalue weighted by atomic mass is 35.5. The number of rotatable bonds is 3. The van der Waals surface area contributed by atoms with E-state index in [0.29, 0.717) is 11.5 Å². The third-order valence-electron chi connectivity index (χ3n) is 4.99. The van der Waals surface area contributed by atoms with Gasteiger partial charge in [-0.3, -0.25) is 0 Å². The van der Waals surface area contributed by atoms with Gasteiger partial charge >= 0.3 is 0 Å². The lowest BCUT2D eigenvalue weighted by Gasteiger charge is -2.52. The number of hydrogen-bond donors (Lipinski definition) is 1. The van der Waals surface area contributed by atoms with Crippen LogP contribution < -0.4 is 5.32 Å². The van der Waals surface area contributed by atoms with Gasteiger partial charge in [0.05, 0.1) is 0 Å². The molecule has 0 bridgehead atoms. The van der Waals surface area contributed by atoms with Crippen LogP contribution in [0.4, 0.5) is 0 Å². The zero-order valence-electron chi connectivity index (χ0n) is 11.2. The van der Waals surface area contributed by atoms with Crippen molar-refractivity contribution in [1.82, 2.24) is 5.32 Å². The lowest BCUT2D eigenvalue weighted by atomic mass is 9.57. The fraction of sp³-hybridized carbons (Fsp3) is 0.625. The standard InChI is InChI=1S/C16H21Cl2N/c17-13-8-12(9-14(18)10-13)11-19-15-4-7-16(15)5-2-1-3-6-16/h8-10,15,19H,1-7,11H2. The van der Waals surface area contributed by atoms with Gasteiger partial charge in [0.2, 0.25) is 0 Å². The SMILES string of the molecule is Clc1cc(Cl)cc(CNC2CCC23CCCCC3)c1. The zero-order chi connectivity index (χ0) is 13.3. The molecule has 2 fully saturated rings. The minimum absolute atomic E-state index is 0.612. The molecular formula is C16H21Cl2N. The minimum Gasteiger partial charge on any atom is -0.309 e. The molecule has 2 saturated carbocycles. The van der Waals surface area contributed by atoms with Gasteiger partial charge in [0, 0.05) is 22.6 Å². The molecule has 104 valence electrons. The lowest BCUT2D eigenvalue weighted by Crippen LogP contribution is -2.53. The summed E-state index contributed by atoms with van der Waals surface area (Å²) in [5, 5.41) is 5.19. The predicted octanol–water partition coefficient (Wildman–Crippen LogP) is 5.20. The fourth-order valence-corrected chi connectivity index (χ4v) is 4.40. The smallest absolute Gasteiger partial charge is 0.0424 e. The Bertz CT molecular complexity index is 432. The van der Waals surface area contributed by atoms with Crippen LogP contribution in [0.2, 0.25) is 10.0 Å². The molecule has 1 unspecified atom stereocenters. The van der Waals surface area contributed by atoms with Crippen molar-refractivity contribution in [1.29, 1.82) is 0 Å². The number of hydrogen-bond acceptors (Lipinski definition) is 1. The van der Waals surface area contributed by atoms with Crippen LogP contribution in [0, 0.1) is 5.41 Å². The van der Waals surface area contributed by atoms with Crippen molar-refractivity contribution in [2.45, 2.75) is 57.5 Å². The largest absolute Gasteiger partial charge is 0.309 e. The van der Waals surface area contributed by atoms with E-state index in [0.717, 1.165) is 16.6 Å². The van der Waals surface area contributed by atoms with E-state index >= 15 is 0 Å². The summed E-state index contributed by atoms with van der Waals surface area (Å²) in [4.78, 5) is 0. The van der Waals surface area contributed by atoms with Gasteiger partial charge in [0.1, 0.15) is 0 Å². The van der Waals surface area contributed by atoms with E-state index in [1.54, 1.807) is 6.07 Å². The Balaban J connectivity index is 1.60. The van der Waals surface area contributed by atoms with Crippen molar-refractivity contribution in [2.75, 3.05) is 0 Å². The summed E-state index contributed by atoms with van der Waals surface area (Å²) in [6, 6.07) is 6.50. The average Bonchev–Trinajstić information content (AvgIpc) is 2.37. The molecule has 0 heterocycles. The second-order valence-electron chi connectivity index (χ2n) is 6.17. The summed E-state index contributed by atoms with van der Waals surface area (Å²) in [5.41, 5.74) is 1.80. The molecule has 0 radical (unpaired) electrons. The highest BCUT2D eigenvalue weighted by molar-refractivity contribution is 6.34. The zero-order valence-corrected chi connectivity index (χ0v) is 12.7. The van der Waals surface area contributed by atoms with Crippen LogP contribution in [-0.4, -0.2) is 6.04 Å². The van der Waals surface area contributed by atoms with Crippen LogP contribution >= 0.6 is 23.2 Å². The highest BCUT2D eigenvalue weighted by Gasteiger charge is 2.46. The van der Waals surface area contributed by atoms with Gasteiger partial charge in [-0.2, -0.15) is 0 Å². The number of benzene rings is 1. The summed E-state index contributed by atoms with van der Waals surface area (Å²) in [7, 11) is 0. The molecule has 0 aromatic heterocycles. The Hall–Kier alpha value is -0.240. The van der Waals surface area contributed by atoms with Gasteiger partial charge in [-0.15, -0.1) is 0 Å². The average molecular weight is 298 g/mol. The maximum absolute atomic E-state index is 6.04. The molecule has 0 saturated heterocycles. The third-order valence-corrected chi connectivity index (χ3v) is 5.43. The van der Waals surface area contributed by atoms with Gasteiger partial charge in [-0.25, -0.2) is 0 Å². The molecule has 1 nitrogen and oxygen atoms in total. The molecule has 0 aliphatic heterocycles. The van der Waals surface area contributed by atoms with Gasteiger partial charge in [-0.1, -0.05) is 42.5 Å². The molecule has 1 aromatic carbocycles. The Kier molecular flexibility index (Phi) is 4.07. The summed E-state index contributed by atoms with van der Waals surface area (Å²) in [6.07, 6.45) is 9.85. The van der Waals surface area contributed by atoms with E-state index in [2.05, 4.69) is 5.32 Å². The molecule has 3 rings (SSSR count). The van der Waals surface area contributed by atoms with Gasteiger partial charge in [-0.05, 0) is 54.9 Å². The first-order valence-corrected chi connectivity index (χ1v) is 8.12. The molecule has 1 N–H and O–H groups in total. The molecule has 2 aliphatic rings. The van der Waals surface area contributed by atoms with E-state index in [-0.39, 0.29) is 0 Å². The van der Waals surface area contributed by atoms with Crippen LogP contribution in [0.1, 0.15) is 50.5 Å². The van der Waals surface area contributed by atoms with E-state index in [4.69, 9.17) is 23.2 Å². The first-order chi connectivity index (χ1) is 9.18. The normalized spacial score (nSPS) is 25.3. The highest BCUT2D eigenvalue weighted by Crippen LogP contribution is 2.51. The van der Waals surface area contributed by atoms with Crippen molar-refractivity contribution in [3.05, 3.63) is 33.8 Å². The minimum atomic E-state index is 0.612. The number of halogens is 2. The van der Waals surface area contributed by atoms with Crippen molar-refractivity contribution in [2.24, 2.45) is 5.41 Å². The topological polar surface area (TPSA) is 12.0 Å². The molecule has 1 aromatic rings. The Morgan fingerprint density at radius 2 is 1.68 bits per heavy atom. The quantitative estimate of drug-likeness (QED) is 0.809. The van der Waals surface area contributed by atoms with E-state index in [9.17, 15) is 0 Å². The predicted molar refractivity (Wildman–Crippen MR) is 81.8 cm³/mol. The van der Waals surface area contributed by atoms with E-state index in [1.165, 1.54) is 50.5 Å². The second-order valence-corrected chi connectivity index (χ2v) is 7.05. The monoisotopic (exact) mass is 297 g/mol. The van der Waals surface area contributed by atoms with E-state index in [1.807, 2.05) is 12.1 Å². The van der Waals surface area contributed by atoms with Crippen LogP contribution in [-0.2, 0) is 6.54 Å². The van der Waals surface area contributed by atoms with Crippen LogP contribution in [0.15, 0.2) is 18.2 Å². The van der Waals surface area contributed by atoms with Crippen molar-refractivity contribution < 1.29 is 0 Å². The molecule has 0 amide bonds. The van der Waals surface area contributed by atoms with Crippen LogP contribution in [0.5, 0.6) is 0 Å². The molecule has 1 atom stereocenters. The van der Waals surface area contributed by atoms with Gasteiger partial charge in [0.15, 0.2) is 0 Å². The first-order valence-electron chi connectivity index (χ1n) is 7.36. The third kappa shape index (κ3) is 2.94. The summed E-state index contributed by atoms with van der Waals surface area (Å²) >= 11 is 12.1. The second kappa shape index (κ2) is 5.63. The molecule has 1 spiro atoms. The summed E-state index contributed by atoms with van der Waals surface area (Å²) in [5.74, 6) is 0. The first kappa shape index (κ1) is 13.7. The van der Waals surface area contributed by atoms with Crippen molar-refractivity contribution in [3.63, 3.8) is 0 Å². The van der Waals surface area contributed by atoms with Crippen LogP contribution in [0.25, 0.3) is 0 Å². The lowest BCUT2D eigenvalue weighted by molar-refractivity contribution is 0.0221. The fourth-order valence-electron chi connectivity index (χ4n) is 3.82. The Morgan fingerprint density at radius 3 is 2.26 bits per heavy atom. The molecular weight excluding hydrogens is 277 g/mol. The maximum atomic E-state index is 6.04. The van der Waals surface area contributed by atoms with Crippen molar-refractivity contribution >= 4 is 23.2 Å². The number of nitrogens with one attached hydrogen (secondary N) is 1. The van der Waals surface area contributed by atoms with Crippen molar-refractivity contribution in [3.8, 4) is 0 Å². The Morgan fingerprint density at radius 1 is 1.00 bits per heavy atom. The molecule has 2 aliphatic carbocycles. The van der Waals surface area contributed by atoms with E-state index < -0.39 is 0 Å². The van der Waals surface area contributed by atoms with Gasteiger partial charge in [0.25, 0.3) is 0 Å². The summed E-state index contributed by atoms with van der Waals surface area (Å²) in [6.45, 7) is 0.882. The van der Waals surface area contributed by atoms with Gasteiger partial charge < -0.3 is 5.32 Å².